The van der Waals surface area contributed by atoms with E-state index in [1.807, 2.05) is 30.3 Å². The fourth-order valence-corrected chi connectivity index (χ4v) is 2.72. The second-order valence-electron chi connectivity index (χ2n) is 5.50. The molecule has 1 saturated heterocycles. The Kier molecular flexibility index (Phi) is 4.05. The Hall–Kier alpha value is -2.77. The number of hydrogen-bond acceptors (Lipinski definition) is 5. The second-order valence-corrected chi connectivity index (χ2v) is 5.50. The molecule has 2 heterocycles. The van der Waals surface area contributed by atoms with Gasteiger partial charge in [0.15, 0.2) is 0 Å². The van der Waals surface area contributed by atoms with Crippen LogP contribution < -0.4 is 0 Å². The van der Waals surface area contributed by atoms with Crippen LogP contribution in [0.15, 0.2) is 30.3 Å². The molecule has 0 radical (unpaired) electrons. The summed E-state index contributed by atoms with van der Waals surface area (Å²) in [6, 6.07) is 7.88. The van der Waals surface area contributed by atoms with Crippen molar-refractivity contribution >= 4 is 11.9 Å². The molecule has 3 rings (SSSR count). The maximum atomic E-state index is 12.5. The van der Waals surface area contributed by atoms with Crippen LogP contribution in [-0.4, -0.2) is 54.7 Å². The topological polar surface area (TPSA) is 101 Å². The van der Waals surface area contributed by atoms with Crippen molar-refractivity contribution in [2.45, 2.75) is 31.8 Å². The van der Waals surface area contributed by atoms with E-state index >= 15 is 0 Å². The van der Waals surface area contributed by atoms with Crippen LogP contribution in [0.5, 0.6) is 0 Å². The number of likely N-dealkylation sites (tertiary alicyclic amines) is 1. The summed E-state index contributed by atoms with van der Waals surface area (Å²) in [6.07, 6.45) is 1.17. The zero-order chi connectivity index (χ0) is 16.4. The van der Waals surface area contributed by atoms with Crippen molar-refractivity contribution in [1.82, 2.24) is 25.1 Å². The third kappa shape index (κ3) is 2.92. The maximum Gasteiger partial charge on any atom is 0.326 e. The van der Waals surface area contributed by atoms with Crippen molar-refractivity contribution in [2.75, 3.05) is 6.54 Å². The third-order valence-electron chi connectivity index (χ3n) is 3.98. The van der Waals surface area contributed by atoms with E-state index < -0.39 is 18.1 Å². The Morgan fingerprint density at radius 1 is 1.30 bits per heavy atom. The number of tetrazole rings is 1. The SMILES string of the molecule is CC(C(=O)N1CCCC1C(=O)O)n1nnc(-c2ccccc2)n1. The first-order chi connectivity index (χ1) is 11.1. The molecule has 0 saturated carbocycles. The molecule has 1 amide bonds. The Morgan fingerprint density at radius 3 is 2.74 bits per heavy atom. The number of carboxylic acid groups (broad SMARTS) is 1. The van der Waals surface area contributed by atoms with Crippen molar-refractivity contribution in [3.8, 4) is 11.4 Å². The highest BCUT2D eigenvalue weighted by atomic mass is 16.4. The molecule has 23 heavy (non-hydrogen) atoms. The van der Waals surface area contributed by atoms with Gasteiger partial charge in [-0.25, -0.2) is 4.79 Å². The molecule has 2 aromatic rings. The Balaban J connectivity index is 1.78. The normalized spacial score (nSPS) is 18.8. The summed E-state index contributed by atoms with van der Waals surface area (Å²) >= 11 is 0. The first kappa shape index (κ1) is 15.1. The van der Waals surface area contributed by atoms with E-state index in [1.54, 1.807) is 6.92 Å². The lowest BCUT2D eigenvalue weighted by atomic mass is 10.2. The molecule has 1 aromatic carbocycles. The van der Waals surface area contributed by atoms with E-state index in [2.05, 4.69) is 15.4 Å². The first-order valence-electron chi connectivity index (χ1n) is 7.46. The fraction of sp³-hybridized carbons (Fsp3) is 0.400. The van der Waals surface area contributed by atoms with Crippen LogP contribution in [0.2, 0.25) is 0 Å². The summed E-state index contributed by atoms with van der Waals surface area (Å²) in [4.78, 5) is 26.4. The molecule has 8 heteroatoms. The summed E-state index contributed by atoms with van der Waals surface area (Å²) in [7, 11) is 0. The van der Waals surface area contributed by atoms with Gasteiger partial charge in [-0.1, -0.05) is 30.3 Å². The molecule has 0 spiro atoms. The molecular formula is C15H17N5O3. The smallest absolute Gasteiger partial charge is 0.326 e. The van der Waals surface area contributed by atoms with Crippen LogP contribution in [0.4, 0.5) is 0 Å². The third-order valence-corrected chi connectivity index (χ3v) is 3.98. The summed E-state index contributed by atoms with van der Waals surface area (Å²) < 4.78 is 0. The first-order valence-corrected chi connectivity index (χ1v) is 7.46. The molecule has 1 fully saturated rings. The minimum absolute atomic E-state index is 0.299. The minimum atomic E-state index is -0.973. The monoisotopic (exact) mass is 315 g/mol. The molecular weight excluding hydrogens is 298 g/mol. The van der Waals surface area contributed by atoms with Gasteiger partial charge in [0.05, 0.1) is 0 Å². The number of benzene rings is 1. The van der Waals surface area contributed by atoms with E-state index in [9.17, 15) is 14.7 Å². The van der Waals surface area contributed by atoms with Crippen LogP contribution in [0.3, 0.4) is 0 Å². The van der Waals surface area contributed by atoms with E-state index in [4.69, 9.17) is 0 Å². The van der Waals surface area contributed by atoms with Crippen molar-refractivity contribution in [2.24, 2.45) is 0 Å². The molecule has 1 N–H and O–H groups in total. The van der Waals surface area contributed by atoms with Gasteiger partial charge in [-0.15, -0.1) is 10.2 Å². The standard InChI is InChI=1S/C15H17N5O3/c1-10(14(21)19-9-5-8-12(19)15(22)23)20-17-13(16-18-20)11-6-3-2-4-7-11/h2-4,6-7,10,12H,5,8-9H2,1H3,(H,22,23). The summed E-state index contributed by atoms with van der Waals surface area (Å²) in [5, 5.41) is 21.3. The Labute approximate surface area is 132 Å². The maximum absolute atomic E-state index is 12.5. The summed E-state index contributed by atoms with van der Waals surface area (Å²) in [5.41, 5.74) is 0.808. The van der Waals surface area contributed by atoms with Crippen LogP contribution in [0, 0.1) is 0 Å². The van der Waals surface area contributed by atoms with Crippen molar-refractivity contribution in [1.29, 1.82) is 0 Å². The average Bonchev–Trinajstić information content (AvgIpc) is 3.23. The number of carboxylic acids is 1. The lowest BCUT2D eigenvalue weighted by Crippen LogP contribution is -2.43. The van der Waals surface area contributed by atoms with Crippen molar-refractivity contribution in [3.63, 3.8) is 0 Å². The highest BCUT2D eigenvalue weighted by Crippen LogP contribution is 2.21. The van der Waals surface area contributed by atoms with Gasteiger partial charge in [0.1, 0.15) is 12.1 Å². The van der Waals surface area contributed by atoms with E-state index in [1.165, 1.54) is 9.70 Å². The molecule has 8 nitrogen and oxygen atoms in total. The van der Waals surface area contributed by atoms with Gasteiger partial charge < -0.3 is 10.0 Å². The number of aliphatic carboxylic acids is 1. The lowest BCUT2D eigenvalue weighted by molar-refractivity contribution is -0.149. The van der Waals surface area contributed by atoms with Gasteiger partial charge in [-0.05, 0) is 25.0 Å². The number of hydrogen-bond donors (Lipinski definition) is 1. The van der Waals surface area contributed by atoms with Crippen LogP contribution >= 0.6 is 0 Å². The molecule has 2 unspecified atom stereocenters. The van der Waals surface area contributed by atoms with Crippen LogP contribution in [-0.2, 0) is 9.59 Å². The minimum Gasteiger partial charge on any atom is -0.480 e. The summed E-state index contributed by atoms with van der Waals surface area (Å²) in [6.45, 7) is 2.09. The Bertz CT molecular complexity index is 715. The van der Waals surface area contributed by atoms with Gasteiger partial charge >= 0.3 is 5.97 Å². The van der Waals surface area contributed by atoms with E-state index in [0.29, 0.717) is 25.2 Å². The van der Waals surface area contributed by atoms with E-state index in [0.717, 1.165) is 5.56 Å². The zero-order valence-corrected chi connectivity index (χ0v) is 12.7. The molecule has 0 aliphatic carbocycles. The number of carbonyl (C=O) groups is 2. The summed E-state index contributed by atoms with van der Waals surface area (Å²) in [5.74, 6) is -0.840. The van der Waals surface area contributed by atoms with E-state index in [-0.39, 0.29) is 5.91 Å². The van der Waals surface area contributed by atoms with Crippen molar-refractivity contribution in [3.05, 3.63) is 30.3 Å². The fourth-order valence-electron chi connectivity index (χ4n) is 2.72. The van der Waals surface area contributed by atoms with Gasteiger partial charge in [0.25, 0.3) is 0 Å². The predicted molar refractivity (Wildman–Crippen MR) is 80.3 cm³/mol. The largest absolute Gasteiger partial charge is 0.480 e. The molecule has 120 valence electrons. The number of carbonyl (C=O) groups excluding carboxylic acids is 1. The number of rotatable bonds is 4. The molecule has 1 aliphatic heterocycles. The second kappa shape index (κ2) is 6.15. The highest BCUT2D eigenvalue weighted by molar-refractivity contribution is 5.86. The van der Waals surface area contributed by atoms with Gasteiger partial charge in [-0.3, -0.25) is 4.79 Å². The number of aromatic nitrogens is 4. The van der Waals surface area contributed by atoms with Crippen LogP contribution in [0.25, 0.3) is 11.4 Å². The molecule has 0 bridgehead atoms. The van der Waals surface area contributed by atoms with Gasteiger partial charge in [-0.2, -0.15) is 4.80 Å². The molecule has 1 aliphatic rings. The highest BCUT2D eigenvalue weighted by Gasteiger charge is 2.37. The number of nitrogens with zero attached hydrogens (tertiary/aromatic N) is 5. The lowest BCUT2D eigenvalue weighted by Gasteiger charge is -2.24. The van der Waals surface area contributed by atoms with Crippen molar-refractivity contribution < 1.29 is 14.7 Å². The Morgan fingerprint density at radius 2 is 2.04 bits per heavy atom. The van der Waals surface area contributed by atoms with Crippen LogP contribution in [0.1, 0.15) is 25.8 Å². The molecule has 1 aromatic heterocycles. The van der Waals surface area contributed by atoms with Gasteiger partial charge in [0, 0.05) is 12.1 Å². The molecule has 2 atom stereocenters. The zero-order valence-electron chi connectivity index (χ0n) is 12.7. The number of amides is 1. The van der Waals surface area contributed by atoms with Gasteiger partial charge in [0.2, 0.25) is 11.7 Å². The predicted octanol–water partition coefficient (Wildman–Crippen LogP) is 0.977. The quantitative estimate of drug-likeness (QED) is 0.902. The average molecular weight is 315 g/mol.